The van der Waals surface area contributed by atoms with Gasteiger partial charge in [0.1, 0.15) is 10.7 Å². The van der Waals surface area contributed by atoms with Crippen molar-refractivity contribution in [3.8, 4) is 0 Å². The molecule has 2 fully saturated rings. The Hall–Kier alpha value is -2.32. The summed E-state index contributed by atoms with van der Waals surface area (Å²) in [4.78, 5) is 18.5. The normalized spacial score (nSPS) is 24.4. The Morgan fingerprint density at radius 1 is 1.30 bits per heavy atom. The molecule has 1 aliphatic heterocycles. The Morgan fingerprint density at radius 3 is 2.74 bits per heavy atom. The van der Waals surface area contributed by atoms with Crippen molar-refractivity contribution in [1.82, 2.24) is 14.6 Å². The van der Waals surface area contributed by atoms with Gasteiger partial charge in [-0.1, -0.05) is 6.07 Å². The van der Waals surface area contributed by atoms with E-state index in [1.54, 1.807) is 30.0 Å². The van der Waals surface area contributed by atoms with Gasteiger partial charge in [0.05, 0.1) is 0 Å². The summed E-state index contributed by atoms with van der Waals surface area (Å²) in [6, 6.07) is 7.34. The molecule has 1 saturated heterocycles. The van der Waals surface area contributed by atoms with Crippen molar-refractivity contribution >= 4 is 15.9 Å². The molecule has 0 spiro atoms. The van der Waals surface area contributed by atoms with Crippen molar-refractivity contribution in [3.05, 3.63) is 59.7 Å². The highest BCUT2D eigenvalue weighted by Crippen LogP contribution is 2.39. The fraction of sp³-hybridized carbons (Fsp3) is 0.368. The summed E-state index contributed by atoms with van der Waals surface area (Å²) >= 11 is 0. The van der Waals surface area contributed by atoms with Crippen LogP contribution in [0.3, 0.4) is 0 Å². The Labute approximate surface area is 157 Å². The quantitative estimate of drug-likeness (QED) is 0.869. The van der Waals surface area contributed by atoms with Gasteiger partial charge in [-0.25, -0.2) is 17.5 Å². The van der Waals surface area contributed by atoms with Crippen LogP contribution in [-0.2, 0) is 10.0 Å². The monoisotopic (exact) mass is 389 g/mol. The molecule has 2 bridgehead atoms. The van der Waals surface area contributed by atoms with E-state index in [4.69, 9.17) is 0 Å². The lowest BCUT2D eigenvalue weighted by Gasteiger charge is -2.32. The van der Waals surface area contributed by atoms with E-state index in [1.807, 2.05) is 0 Å². The summed E-state index contributed by atoms with van der Waals surface area (Å²) in [7, 11) is -3.63. The van der Waals surface area contributed by atoms with Crippen molar-refractivity contribution in [2.45, 2.75) is 36.7 Å². The molecule has 1 aromatic heterocycles. The van der Waals surface area contributed by atoms with E-state index in [0.717, 1.165) is 6.42 Å². The minimum Gasteiger partial charge on any atom is -0.335 e. The maximum Gasteiger partial charge on any atom is 0.254 e. The van der Waals surface area contributed by atoms with Crippen LogP contribution in [0.4, 0.5) is 4.39 Å². The van der Waals surface area contributed by atoms with Crippen LogP contribution in [0.2, 0.25) is 0 Å². The summed E-state index contributed by atoms with van der Waals surface area (Å²) in [6.45, 7) is 2.12. The average molecular weight is 389 g/mol. The first-order valence-corrected chi connectivity index (χ1v) is 10.3. The number of rotatable bonds is 4. The molecule has 3 unspecified atom stereocenters. The van der Waals surface area contributed by atoms with Gasteiger partial charge < -0.3 is 4.90 Å². The average Bonchev–Trinajstić information content (AvgIpc) is 3.24. The standard InChI is InChI=1S/C19H20FN3O3S/c1-12-4-5-13(8-17(12)20)19(24)23-11-14-7-15(23)9-18(14)22-27(25,26)16-3-2-6-21-10-16/h2-6,8,10,14-15,18,22H,7,9,11H2,1H3. The molecule has 2 aromatic rings. The van der Waals surface area contributed by atoms with E-state index in [1.165, 1.54) is 24.5 Å². The largest absolute Gasteiger partial charge is 0.335 e. The van der Waals surface area contributed by atoms with Crippen molar-refractivity contribution in [1.29, 1.82) is 0 Å². The van der Waals surface area contributed by atoms with Crippen molar-refractivity contribution in [3.63, 3.8) is 0 Å². The Morgan fingerprint density at radius 2 is 2.11 bits per heavy atom. The second-order valence-electron chi connectivity index (χ2n) is 7.22. The van der Waals surface area contributed by atoms with Crippen LogP contribution in [-0.4, -0.2) is 42.8 Å². The zero-order valence-electron chi connectivity index (χ0n) is 14.8. The van der Waals surface area contributed by atoms with Crippen LogP contribution >= 0.6 is 0 Å². The lowest BCUT2D eigenvalue weighted by Crippen LogP contribution is -2.47. The van der Waals surface area contributed by atoms with Crippen molar-refractivity contribution < 1.29 is 17.6 Å². The summed E-state index contributed by atoms with van der Waals surface area (Å²) in [5.41, 5.74) is 0.831. The molecule has 1 saturated carbocycles. The molecule has 0 radical (unpaired) electrons. The molecular formula is C19H20FN3O3S. The van der Waals surface area contributed by atoms with Crippen LogP contribution in [0.5, 0.6) is 0 Å². The van der Waals surface area contributed by atoms with Crippen LogP contribution in [0.25, 0.3) is 0 Å². The maximum atomic E-state index is 13.8. The van der Waals surface area contributed by atoms with Crippen LogP contribution < -0.4 is 4.72 Å². The van der Waals surface area contributed by atoms with E-state index in [9.17, 15) is 17.6 Å². The van der Waals surface area contributed by atoms with Gasteiger partial charge in [0.2, 0.25) is 10.0 Å². The van der Waals surface area contributed by atoms with Crippen molar-refractivity contribution in [2.24, 2.45) is 5.92 Å². The first-order valence-electron chi connectivity index (χ1n) is 8.84. The third kappa shape index (κ3) is 3.35. The number of fused-ring (bicyclic) bond motifs is 2. The SMILES string of the molecule is Cc1ccc(C(=O)N2CC3CC2CC3NS(=O)(=O)c2cccnc2)cc1F. The van der Waals surface area contributed by atoms with E-state index >= 15 is 0 Å². The predicted molar refractivity (Wildman–Crippen MR) is 97.0 cm³/mol. The Bertz CT molecular complexity index is 981. The number of nitrogens with one attached hydrogen (secondary N) is 1. The summed E-state index contributed by atoms with van der Waals surface area (Å²) in [5, 5.41) is 0. The topological polar surface area (TPSA) is 79.4 Å². The maximum absolute atomic E-state index is 13.8. The Kier molecular flexibility index (Phi) is 4.47. The number of pyridine rings is 1. The molecule has 3 atom stereocenters. The summed E-state index contributed by atoms with van der Waals surface area (Å²) in [6.07, 6.45) is 4.15. The first-order chi connectivity index (χ1) is 12.8. The highest BCUT2D eigenvalue weighted by atomic mass is 32.2. The third-order valence-corrected chi connectivity index (χ3v) is 6.95. The highest BCUT2D eigenvalue weighted by molar-refractivity contribution is 7.89. The zero-order chi connectivity index (χ0) is 19.2. The van der Waals surface area contributed by atoms with Gasteiger partial charge in [-0.3, -0.25) is 9.78 Å². The number of aromatic nitrogens is 1. The third-order valence-electron chi connectivity index (χ3n) is 5.47. The molecule has 2 aliphatic rings. The molecular weight excluding hydrogens is 369 g/mol. The number of benzene rings is 1. The minimum atomic E-state index is -3.63. The van der Waals surface area contributed by atoms with Crippen LogP contribution in [0.15, 0.2) is 47.6 Å². The van der Waals surface area contributed by atoms with E-state index in [-0.39, 0.29) is 28.8 Å². The summed E-state index contributed by atoms with van der Waals surface area (Å²) < 4.78 is 41.5. The predicted octanol–water partition coefficient (Wildman–Crippen LogP) is 2.11. The number of sulfonamides is 1. The van der Waals surface area contributed by atoms with E-state index < -0.39 is 15.8 Å². The van der Waals surface area contributed by atoms with E-state index in [2.05, 4.69) is 9.71 Å². The smallest absolute Gasteiger partial charge is 0.254 e. The van der Waals surface area contributed by atoms with Gasteiger partial charge >= 0.3 is 0 Å². The van der Waals surface area contributed by atoms with Gasteiger partial charge in [-0.15, -0.1) is 0 Å². The molecule has 142 valence electrons. The number of nitrogens with zero attached hydrogens (tertiary/aromatic N) is 2. The molecule has 2 heterocycles. The Balaban J connectivity index is 1.45. The zero-order valence-corrected chi connectivity index (χ0v) is 15.6. The lowest BCUT2D eigenvalue weighted by molar-refractivity contribution is 0.0691. The second kappa shape index (κ2) is 6.69. The fourth-order valence-electron chi connectivity index (χ4n) is 4.01. The molecule has 27 heavy (non-hydrogen) atoms. The van der Waals surface area contributed by atoms with Gasteiger partial charge in [0, 0.05) is 36.6 Å². The molecule has 1 amide bonds. The number of amides is 1. The van der Waals surface area contributed by atoms with Gasteiger partial charge in [0.15, 0.2) is 0 Å². The number of piperidine rings is 1. The molecule has 6 nitrogen and oxygen atoms in total. The molecule has 4 rings (SSSR count). The lowest BCUT2D eigenvalue weighted by atomic mass is 10.0. The molecule has 1 N–H and O–H groups in total. The van der Waals surface area contributed by atoms with Crippen LogP contribution in [0, 0.1) is 18.7 Å². The van der Waals surface area contributed by atoms with Crippen molar-refractivity contribution in [2.75, 3.05) is 6.54 Å². The number of hydrogen-bond donors (Lipinski definition) is 1. The number of halogens is 1. The molecule has 1 aromatic carbocycles. The number of aryl methyl sites for hydroxylation is 1. The fourth-order valence-corrected chi connectivity index (χ4v) is 5.29. The summed E-state index contributed by atoms with van der Waals surface area (Å²) in [5.74, 6) is -0.539. The number of carbonyl (C=O) groups excluding carboxylic acids is 1. The van der Waals surface area contributed by atoms with Gasteiger partial charge in [-0.05, 0) is 55.5 Å². The van der Waals surface area contributed by atoms with Gasteiger partial charge in [0.25, 0.3) is 5.91 Å². The second-order valence-corrected chi connectivity index (χ2v) is 8.94. The van der Waals surface area contributed by atoms with E-state index in [0.29, 0.717) is 24.1 Å². The molecule has 1 aliphatic carbocycles. The highest BCUT2D eigenvalue weighted by Gasteiger charge is 2.47. The number of likely N-dealkylation sites (tertiary alicyclic amines) is 1. The van der Waals surface area contributed by atoms with Gasteiger partial charge in [-0.2, -0.15) is 0 Å². The van der Waals surface area contributed by atoms with Crippen LogP contribution in [0.1, 0.15) is 28.8 Å². The number of carbonyl (C=O) groups is 1. The number of hydrogen-bond acceptors (Lipinski definition) is 4. The first kappa shape index (κ1) is 18.1. The minimum absolute atomic E-state index is 0.0338. The molecule has 8 heteroatoms.